The van der Waals surface area contributed by atoms with E-state index in [2.05, 4.69) is 10.4 Å². The third kappa shape index (κ3) is 3.42. The molecule has 1 aromatic carbocycles. The smallest absolute Gasteiger partial charge is 0.249 e. The highest BCUT2D eigenvalue weighted by Crippen LogP contribution is 2.28. The SMILES string of the molecule is Cc1cc(C)n(C(C)C(=O)Nc2cc(Cl)ccc2N(C)C)n1. The number of hydrogen-bond acceptors (Lipinski definition) is 3. The number of carbonyl (C=O) groups is 1. The van der Waals surface area contributed by atoms with Crippen molar-refractivity contribution in [2.24, 2.45) is 0 Å². The van der Waals surface area contributed by atoms with E-state index in [1.165, 1.54) is 0 Å². The Kier molecular flexibility index (Phi) is 4.76. The van der Waals surface area contributed by atoms with E-state index in [9.17, 15) is 4.79 Å². The normalized spacial score (nSPS) is 12.1. The first-order chi connectivity index (χ1) is 10.3. The lowest BCUT2D eigenvalue weighted by molar-refractivity contribution is -0.119. The molecule has 0 aliphatic heterocycles. The van der Waals surface area contributed by atoms with Crippen molar-refractivity contribution in [2.45, 2.75) is 26.8 Å². The first kappa shape index (κ1) is 16.4. The molecule has 1 heterocycles. The molecule has 0 radical (unpaired) electrons. The fraction of sp³-hybridized carbons (Fsp3) is 0.375. The molecule has 0 spiro atoms. The minimum absolute atomic E-state index is 0.128. The highest BCUT2D eigenvalue weighted by molar-refractivity contribution is 6.31. The van der Waals surface area contributed by atoms with Gasteiger partial charge in [-0.25, -0.2) is 0 Å². The molecule has 22 heavy (non-hydrogen) atoms. The molecule has 0 aliphatic carbocycles. The van der Waals surface area contributed by atoms with Gasteiger partial charge in [-0.2, -0.15) is 5.10 Å². The van der Waals surface area contributed by atoms with E-state index >= 15 is 0 Å². The second kappa shape index (κ2) is 6.40. The van der Waals surface area contributed by atoms with Gasteiger partial charge in [-0.3, -0.25) is 9.48 Å². The maximum absolute atomic E-state index is 12.5. The van der Waals surface area contributed by atoms with E-state index in [0.717, 1.165) is 17.1 Å². The molecule has 1 atom stereocenters. The van der Waals surface area contributed by atoms with E-state index < -0.39 is 6.04 Å². The van der Waals surface area contributed by atoms with Crippen LogP contribution in [0.5, 0.6) is 0 Å². The van der Waals surface area contributed by atoms with Crippen molar-refractivity contribution in [1.82, 2.24) is 9.78 Å². The van der Waals surface area contributed by atoms with Gasteiger partial charge in [-0.05, 0) is 45.0 Å². The Morgan fingerprint density at radius 2 is 2.00 bits per heavy atom. The van der Waals surface area contributed by atoms with Crippen molar-refractivity contribution < 1.29 is 4.79 Å². The average molecular weight is 321 g/mol. The second-order valence-electron chi connectivity index (χ2n) is 5.59. The number of halogens is 1. The summed E-state index contributed by atoms with van der Waals surface area (Å²) < 4.78 is 1.73. The number of nitrogens with one attached hydrogen (secondary N) is 1. The molecule has 1 aromatic heterocycles. The van der Waals surface area contributed by atoms with Crippen LogP contribution in [0, 0.1) is 13.8 Å². The number of amides is 1. The molecular formula is C16H21ClN4O. The van der Waals surface area contributed by atoms with Crippen molar-refractivity contribution in [1.29, 1.82) is 0 Å². The summed E-state index contributed by atoms with van der Waals surface area (Å²) in [4.78, 5) is 14.5. The van der Waals surface area contributed by atoms with Crippen LogP contribution in [0.2, 0.25) is 5.02 Å². The number of anilines is 2. The maximum atomic E-state index is 12.5. The summed E-state index contributed by atoms with van der Waals surface area (Å²) in [5.41, 5.74) is 3.45. The van der Waals surface area contributed by atoms with Crippen LogP contribution < -0.4 is 10.2 Å². The maximum Gasteiger partial charge on any atom is 0.249 e. The molecule has 5 nitrogen and oxygen atoms in total. The van der Waals surface area contributed by atoms with Crippen LogP contribution in [0.25, 0.3) is 0 Å². The Labute approximate surface area is 135 Å². The van der Waals surface area contributed by atoms with Crippen LogP contribution in [-0.2, 0) is 4.79 Å². The molecule has 1 N–H and O–H groups in total. The molecule has 118 valence electrons. The molecule has 2 rings (SSSR count). The van der Waals surface area contributed by atoms with Crippen molar-refractivity contribution in [2.75, 3.05) is 24.3 Å². The first-order valence-corrected chi connectivity index (χ1v) is 7.48. The highest BCUT2D eigenvalue weighted by Gasteiger charge is 2.19. The molecule has 2 aromatic rings. The van der Waals surface area contributed by atoms with Crippen LogP contribution in [0.4, 0.5) is 11.4 Å². The summed E-state index contributed by atoms with van der Waals surface area (Å²) in [6, 6.07) is 6.99. The lowest BCUT2D eigenvalue weighted by Crippen LogP contribution is -2.26. The zero-order valence-corrected chi connectivity index (χ0v) is 14.3. The Balaban J connectivity index is 2.25. The van der Waals surface area contributed by atoms with E-state index in [1.807, 2.05) is 51.9 Å². The van der Waals surface area contributed by atoms with Gasteiger partial charge in [-0.15, -0.1) is 0 Å². The molecule has 0 fully saturated rings. The second-order valence-corrected chi connectivity index (χ2v) is 6.03. The first-order valence-electron chi connectivity index (χ1n) is 7.10. The van der Waals surface area contributed by atoms with Gasteiger partial charge in [0.1, 0.15) is 6.04 Å². The molecule has 0 saturated heterocycles. The molecule has 0 aliphatic rings. The van der Waals surface area contributed by atoms with Crippen LogP contribution in [-0.4, -0.2) is 29.8 Å². The summed E-state index contributed by atoms with van der Waals surface area (Å²) in [5, 5.41) is 7.89. The molecule has 6 heteroatoms. The topological polar surface area (TPSA) is 50.2 Å². The summed E-state index contributed by atoms with van der Waals surface area (Å²) in [7, 11) is 3.84. The summed E-state index contributed by atoms with van der Waals surface area (Å²) >= 11 is 6.04. The number of aromatic nitrogens is 2. The standard InChI is InChI=1S/C16H21ClN4O/c1-10-8-11(2)21(19-10)12(3)16(22)18-14-9-13(17)6-7-15(14)20(4)5/h6-9,12H,1-5H3,(H,18,22). The Hall–Kier alpha value is -2.01. The van der Waals surface area contributed by atoms with E-state index in [-0.39, 0.29) is 5.91 Å². The minimum Gasteiger partial charge on any atom is -0.376 e. The molecule has 0 bridgehead atoms. The van der Waals surface area contributed by atoms with Crippen molar-refractivity contribution in [3.63, 3.8) is 0 Å². The van der Waals surface area contributed by atoms with Gasteiger partial charge in [0.15, 0.2) is 0 Å². The number of aryl methyl sites for hydroxylation is 2. The zero-order valence-electron chi connectivity index (χ0n) is 13.5. The average Bonchev–Trinajstić information content (AvgIpc) is 2.76. The fourth-order valence-electron chi connectivity index (χ4n) is 2.38. The lowest BCUT2D eigenvalue weighted by Gasteiger charge is -2.20. The number of rotatable bonds is 4. The molecule has 0 saturated carbocycles. The predicted octanol–water partition coefficient (Wildman–Crippen LogP) is 3.42. The number of hydrogen-bond donors (Lipinski definition) is 1. The van der Waals surface area contributed by atoms with Crippen molar-refractivity contribution in [3.8, 4) is 0 Å². The minimum atomic E-state index is -0.400. The van der Waals surface area contributed by atoms with Gasteiger partial charge in [0, 0.05) is 24.8 Å². The fourth-order valence-corrected chi connectivity index (χ4v) is 2.56. The number of benzene rings is 1. The molecular weight excluding hydrogens is 300 g/mol. The predicted molar refractivity (Wildman–Crippen MR) is 90.8 cm³/mol. The van der Waals surface area contributed by atoms with E-state index in [4.69, 9.17) is 11.6 Å². The lowest BCUT2D eigenvalue weighted by atomic mass is 10.2. The number of nitrogens with zero attached hydrogens (tertiary/aromatic N) is 3. The monoisotopic (exact) mass is 320 g/mol. The van der Waals surface area contributed by atoms with Crippen LogP contribution in [0.15, 0.2) is 24.3 Å². The number of carbonyl (C=O) groups excluding carboxylic acids is 1. The third-order valence-electron chi connectivity index (χ3n) is 3.49. The summed E-state index contributed by atoms with van der Waals surface area (Å²) in [5.74, 6) is -0.128. The summed E-state index contributed by atoms with van der Waals surface area (Å²) in [6.45, 7) is 5.68. The quantitative estimate of drug-likeness (QED) is 0.939. The molecule has 1 amide bonds. The Morgan fingerprint density at radius 1 is 1.32 bits per heavy atom. The van der Waals surface area contributed by atoms with Gasteiger partial charge in [0.25, 0.3) is 0 Å². The third-order valence-corrected chi connectivity index (χ3v) is 3.72. The highest BCUT2D eigenvalue weighted by atomic mass is 35.5. The molecule has 1 unspecified atom stereocenters. The van der Waals surface area contributed by atoms with E-state index in [0.29, 0.717) is 10.7 Å². The van der Waals surface area contributed by atoms with Crippen LogP contribution >= 0.6 is 11.6 Å². The Bertz CT molecular complexity index is 693. The zero-order chi connectivity index (χ0) is 16.4. The Morgan fingerprint density at radius 3 is 2.55 bits per heavy atom. The van der Waals surface area contributed by atoms with Crippen molar-refractivity contribution >= 4 is 28.9 Å². The van der Waals surface area contributed by atoms with Crippen LogP contribution in [0.1, 0.15) is 24.4 Å². The van der Waals surface area contributed by atoms with Gasteiger partial charge < -0.3 is 10.2 Å². The van der Waals surface area contributed by atoms with Crippen molar-refractivity contribution in [3.05, 3.63) is 40.7 Å². The largest absolute Gasteiger partial charge is 0.376 e. The van der Waals surface area contributed by atoms with Gasteiger partial charge >= 0.3 is 0 Å². The summed E-state index contributed by atoms with van der Waals surface area (Å²) in [6.07, 6.45) is 0. The van der Waals surface area contributed by atoms with Crippen LogP contribution in [0.3, 0.4) is 0 Å². The van der Waals surface area contributed by atoms with Gasteiger partial charge in [-0.1, -0.05) is 11.6 Å². The van der Waals surface area contributed by atoms with Gasteiger partial charge in [0.2, 0.25) is 5.91 Å². The van der Waals surface area contributed by atoms with E-state index in [1.54, 1.807) is 16.8 Å². The van der Waals surface area contributed by atoms with Gasteiger partial charge in [0.05, 0.1) is 17.1 Å².